The Labute approximate surface area is 139 Å². The number of pyridine rings is 1. The van der Waals surface area contributed by atoms with Crippen LogP contribution in [0.3, 0.4) is 0 Å². The van der Waals surface area contributed by atoms with Crippen LogP contribution in [-0.4, -0.2) is 22.3 Å². The number of hydrogen-bond acceptors (Lipinski definition) is 3. The van der Waals surface area contributed by atoms with Gasteiger partial charge in [-0.2, -0.15) is 0 Å². The number of fused-ring (bicyclic) bond motifs is 1. The predicted octanol–water partition coefficient (Wildman–Crippen LogP) is 3.93. The lowest BCUT2D eigenvalue weighted by atomic mass is 9.88. The number of amides is 1. The van der Waals surface area contributed by atoms with E-state index in [1.807, 2.05) is 40.6 Å². The molecule has 3 nitrogen and oxygen atoms in total. The fourth-order valence-corrected chi connectivity index (χ4v) is 3.91. The normalized spacial score (nSPS) is 16.9. The van der Waals surface area contributed by atoms with E-state index in [2.05, 4.69) is 23.2 Å². The van der Waals surface area contributed by atoms with Crippen molar-refractivity contribution in [2.45, 2.75) is 12.5 Å². The zero-order chi connectivity index (χ0) is 15.6. The standard InChI is InChI=1S/C19H16N2OS/c22-19(17-6-3-13-23-17)21-12-9-14-4-1-2-5-16(14)18(21)15-7-10-20-11-8-15/h1-8,10-11,13,18H,9,12H2. The molecule has 1 aromatic carbocycles. The third-order valence-corrected chi connectivity index (χ3v) is 5.16. The summed E-state index contributed by atoms with van der Waals surface area (Å²) in [5, 5.41) is 1.95. The van der Waals surface area contributed by atoms with Gasteiger partial charge in [-0.1, -0.05) is 30.3 Å². The van der Waals surface area contributed by atoms with Crippen molar-refractivity contribution in [1.82, 2.24) is 9.88 Å². The third-order valence-electron chi connectivity index (χ3n) is 4.30. The van der Waals surface area contributed by atoms with Gasteiger partial charge in [0.25, 0.3) is 5.91 Å². The molecule has 0 spiro atoms. The van der Waals surface area contributed by atoms with E-state index in [9.17, 15) is 4.79 Å². The first-order valence-electron chi connectivity index (χ1n) is 7.67. The number of rotatable bonds is 2. The van der Waals surface area contributed by atoms with Crippen LogP contribution in [0.1, 0.15) is 32.4 Å². The second-order valence-electron chi connectivity index (χ2n) is 5.61. The molecule has 0 saturated heterocycles. The largest absolute Gasteiger partial charge is 0.326 e. The van der Waals surface area contributed by atoms with Gasteiger partial charge in [-0.25, -0.2) is 0 Å². The summed E-state index contributed by atoms with van der Waals surface area (Å²) in [6.07, 6.45) is 4.48. The van der Waals surface area contributed by atoms with Crippen molar-refractivity contribution < 1.29 is 4.79 Å². The van der Waals surface area contributed by atoms with Gasteiger partial charge in [-0.15, -0.1) is 11.3 Å². The first-order chi connectivity index (χ1) is 11.3. The first kappa shape index (κ1) is 14.2. The molecule has 4 heteroatoms. The molecule has 114 valence electrons. The number of thiophene rings is 1. The molecule has 23 heavy (non-hydrogen) atoms. The minimum atomic E-state index is -0.0439. The number of benzene rings is 1. The highest BCUT2D eigenvalue weighted by molar-refractivity contribution is 7.12. The Morgan fingerprint density at radius 2 is 1.91 bits per heavy atom. The molecule has 0 saturated carbocycles. The highest BCUT2D eigenvalue weighted by Gasteiger charge is 2.32. The van der Waals surface area contributed by atoms with Crippen LogP contribution in [0.15, 0.2) is 66.3 Å². The van der Waals surface area contributed by atoms with Crippen LogP contribution in [-0.2, 0) is 6.42 Å². The topological polar surface area (TPSA) is 33.2 Å². The fourth-order valence-electron chi connectivity index (χ4n) is 3.23. The van der Waals surface area contributed by atoms with Crippen LogP contribution >= 0.6 is 11.3 Å². The monoisotopic (exact) mass is 320 g/mol. The number of aromatic nitrogens is 1. The summed E-state index contributed by atoms with van der Waals surface area (Å²) >= 11 is 1.50. The molecule has 2 aromatic heterocycles. The zero-order valence-electron chi connectivity index (χ0n) is 12.6. The van der Waals surface area contributed by atoms with E-state index in [0.717, 1.165) is 23.4 Å². The average molecular weight is 320 g/mol. The van der Waals surface area contributed by atoms with E-state index in [-0.39, 0.29) is 11.9 Å². The van der Waals surface area contributed by atoms with Gasteiger partial charge in [0, 0.05) is 18.9 Å². The molecule has 1 unspecified atom stereocenters. The van der Waals surface area contributed by atoms with E-state index in [4.69, 9.17) is 0 Å². The molecule has 4 rings (SSSR count). The number of nitrogens with zero attached hydrogens (tertiary/aromatic N) is 2. The van der Waals surface area contributed by atoms with E-state index < -0.39 is 0 Å². The van der Waals surface area contributed by atoms with Crippen LogP contribution in [0.25, 0.3) is 0 Å². The van der Waals surface area contributed by atoms with E-state index >= 15 is 0 Å². The zero-order valence-corrected chi connectivity index (χ0v) is 13.4. The smallest absolute Gasteiger partial charge is 0.264 e. The van der Waals surface area contributed by atoms with Gasteiger partial charge in [0.1, 0.15) is 0 Å². The van der Waals surface area contributed by atoms with Gasteiger partial charge < -0.3 is 4.90 Å². The van der Waals surface area contributed by atoms with Crippen molar-refractivity contribution in [3.8, 4) is 0 Å². The molecule has 0 fully saturated rings. The molecule has 0 N–H and O–H groups in total. The van der Waals surface area contributed by atoms with Gasteiger partial charge in [0.05, 0.1) is 10.9 Å². The van der Waals surface area contributed by atoms with E-state index in [1.54, 1.807) is 12.4 Å². The third kappa shape index (κ3) is 2.55. The van der Waals surface area contributed by atoms with Gasteiger partial charge in [-0.3, -0.25) is 9.78 Å². The Morgan fingerprint density at radius 1 is 1.09 bits per heavy atom. The van der Waals surface area contributed by atoms with Crippen molar-refractivity contribution in [3.63, 3.8) is 0 Å². The summed E-state index contributed by atoms with van der Waals surface area (Å²) in [6.45, 7) is 0.737. The quantitative estimate of drug-likeness (QED) is 0.717. The SMILES string of the molecule is O=C(c1cccs1)N1CCc2ccccc2C1c1ccncc1. The molecule has 3 heterocycles. The molecular formula is C19H16N2OS. The molecular weight excluding hydrogens is 304 g/mol. The molecule has 1 amide bonds. The second-order valence-corrected chi connectivity index (χ2v) is 6.56. The molecule has 0 bridgehead atoms. The van der Waals surface area contributed by atoms with Crippen molar-refractivity contribution in [2.75, 3.05) is 6.54 Å². The van der Waals surface area contributed by atoms with Crippen LogP contribution in [0.5, 0.6) is 0 Å². The van der Waals surface area contributed by atoms with Crippen molar-refractivity contribution in [3.05, 3.63) is 87.9 Å². The predicted molar refractivity (Wildman–Crippen MR) is 91.6 cm³/mol. The molecule has 1 aliphatic rings. The highest BCUT2D eigenvalue weighted by atomic mass is 32.1. The summed E-state index contributed by atoms with van der Waals surface area (Å²) in [6, 6.07) is 16.2. The van der Waals surface area contributed by atoms with Gasteiger partial charge in [-0.05, 0) is 46.7 Å². The molecule has 0 radical (unpaired) electrons. The van der Waals surface area contributed by atoms with Gasteiger partial charge >= 0.3 is 0 Å². The van der Waals surface area contributed by atoms with Gasteiger partial charge in [0.15, 0.2) is 0 Å². The van der Waals surface area contributed by atoms with Crippen LogP contribution in [0.4, 0.5) is 0 Å². The Kier molecular flexibility index (Phi) is 3.67. The second kappa shape index (κ2) is 5.97. The van der Waals surface area contributed by atoms with Gasteiger partial charge in [0.2, 0.25) is 0 Å². The molecule has 1 aliphatic heterocycles. The summed E-state index contributed by atoms with van der Waals surface area (Å²) in [4.78, 5) is 19.9. The first-order valence-corrected chi connectivity index (χ1v) is 8.55. The Hall–Kier alpha value is -2.46. The Bertz CT molecular complexity index is 814. The van der Waals surface area contributed by atoms with Crippen molar-refractivity contribution in [1.29, 1.82) is 0 Å². The number of carbonyl (C=O) groups is 1. The van der Waals surface area contributed by atoms with Crippen molar-refractivity contribution >= 4 is 17.2 Å². The highest BCUT2D eigenvalue weighted by Crippen LogP contribution is 2.36. The lowest BCUT2D eigenvalue weighted by molar-refractivity contribution is 0.0699. The number of carbonyl (C=O) groups excluding carboxylic acids is 1. The lowest BCUT2D eigenvalue weighted by Gasteiger charge is -2.37. The lowest BCUT2D eigenvalue weighted by Crippen LogP contribution is -2.40. The Balaban J connectivity index is 1.81. The molecule has 0 aliphatic carbocycles. The maximum atomic E-state index is 13.0. The van der Waals surface area contributed by atoms with Crippen LogP contribution < -0.4 is 0 Å². The van der Waals surface area contributed by atoms with E-state index in [0.29, 0.717) is 0 Å². The molecule has 3 aromatic rings. The summed E-state index contributed by atoms with van der Waals surface area (Å²) in [7, 11) is 0. The van der Waals surface area contributed by atoms with Crippen molar-refractivity contribution in [2.24, 2.45) is 0 Å². The minimum Gasteiger partial charge on any atom is -0.326 e. The summed E-state index contributed by atoms with van der Waals surface area (Å²) in [5.41, 5.74) is 3.65. The summed E-state index contributed by atoms with van der Waals surface area (Å²) < 4.78 is 0. The maximum Gasteiger partial charge on any atom is 0.264 e. The average Bonchev–Trinajstić information content (AvgIpc) is 3.15. The number of hydrogen-bond donors (Lipinski definition) is 0. The van der Waals surface area contributed by atoms with Crippen LogP contribution in [0, 0.1) is 0 Å². The molecule has 1 atom stereocenters. The minimum absolute atomic E-state index is 0.0439. The fraction of sp³-hybridized carbons (Fsp3) is 0.158. The van der Waals surface area contributed by atoms with E-state index in [1.165, 1.54) is 22.5 Å². The maximum absolute atomic E-state index is 13.0. The van der Waals surface area contributed by atoms with Crippen LogP contribution in [0.2, 0.25) is 0 Å². The summed E-state index contributed by atoms with van der Waals surface area (Å²) in [5.74, 6) is 0.108. The Morgan fingerprint density at radius 3 is 2.70 bits per heavy atom.